The molecule has 0 amide bonds. The van der Waals surface area contributed by atoms with Crippen LogP contribution in [0.4, 0.5) is 0 Å². The Kier molecular flexibility index (Phi) is 7.35. The zero-order valence-electron chi connectivity index (χ0n) is 30.9. The van der Waals surface area contributed by atoms with Crippen molar-refractivity contribution in [3.8, 4) is 67.7 Å². The Labute approximate surface area is 328 Å². The minimum atomic E-state index is -0.123. The van der Waals surface area contributed by atoms with Crippen LogP contribution in [0.15, 0.2) is 170 Å². The Hall–Kier alpha value is -6.82. The summed E-state index contributed by atoms with van der Waals surface area (Å²) in [6.07, 6.45) is 0. The summed E-state index contributed by atoms with van der Waals surface area (Å²) in [6.45, 7) is 4.60. The quantitative estimate of drug-likeness (QED) is 0.177. The van der Waals surface area contributed by atoms with Crippen LogP contribution in [0, 0.1) is 0 Å². The molecule has 0 saturated carbocycles. The lowest BCUT2D eigenvalue weighted by Crippen LogP contribution is -2.15. The van der Waals surface area contributed by atoms with E-state index in [1.807, 2.05) is 18.2 Å². The van der Waals surface area contributed by atoms with Gasteiger partial charge in [0.15, 0.2) is 17.5 Å². The largest absolute Gasteiger partial charge is 0.236 e. The van der Waals surface area contributed by atoms with E-state index in [0.29, 0.717) is 17.5 Å². The van der Waals surface area contributed by atoms with Gasteiger partial charge in [-0.25, -0.2) is 19.9 Å². The molecule has 11 rings (SSSR count). The Morgan fingerprint density at radius 2 is 0.964 bits per heavy atom. The van der Waals surface area contributed by atoms with Crippen LogP contribution in [0.1, 0.15) is 25.0 Å². The van der Waals surface area contributed by atoms with E-state index in [9.17, 15) is 0 Å². The zero-order chi connectivity index (χ0) is 37.4. The molecule has 3 aromatic heterocycles. The molecule has 4 nitrogen and oxygen atoms in total. The van der Waals surface area contributed by atoms with E-state index >= 15 is 0 Å². The first-order valence-corrected chi connectivity index (χ1v) is 19.8. The molecule has 0 unspecified atom stereocenters. The van der Waals surface area contributed by atoms with Crippen molar-refractivity contribution in [1.82, 2.24) is 19.9 Å². The predicted molar refractivity (Wildman–Crippen MR) is 233 cm³/mol. The topological polar surface area (TPSA) is 51.6 Å². The summed E-state index contributed by atoms with van der Waals surface area (Å²) >= 11 is 1.76. The molecule has 0 spiro atoms. The van der Waals surface area contributed by atoms with E-state index in [1.54, 1.807) is 11.3 Å². The third-order valence-corrected chi connectivity index (χ3v) is 12.4. The Bertz CT molecular complexity index is 3160. The van der Waals surface area contributed by atoms with E-state index in [4.69, 9.17) is 19.9 Å². The molecule has 1 aliphatic carbocycles. The minimum absolute atomic E-state index is 0.123. The van der Waals surface area contributed by atoms with Crippen LogP contribution in [0.25, 0.3) is 98.7 Å². The molecule has 5 heteroatoms. The number of hydrogen-bond acceptors (Lipinski definition) is 5. The van der Waals surface area contributed by atoms with Crippen molar-refractivity contribution in [1.29, 1.82) is 0 Å². The van der Waals surface area contributed by atoms with E-state index in [2.05, 4.69) is 166 Å². The number of nitrogens with zero attached hydrogens (tertiary/aromatic N) is 4. The molecule has 56 heavy (non-hydrogen) atoms. The highest BCUT2D eigenvalue weighted by atomic mass is 32.1. The van der Waals surface area contributed by atoms with E-state index in [1.165, 1.54) is 43.1 Å². The molecule has 0 bridgehead atoms. The van der Waals surface area contributed by atoms with Gasteiger partial charge in [0.25, 0.3) is 0 Å². The molecule has 1 aliphatic rings. The van der Waals surface area contributed by atoms with Gasteiger partial charge in [0.05, 0.1) is 5.69 Å². The summed E-state index contributed by atoms with van der Waals surface area (Å²) < 4.78 is 1.26. The monoisotopic (exact) mass is 734 g/mol. The van der Waals surface area contributed by atoms with Crippen molar-refractivity contribution < 1.29 is 0 Å². The molecule has 0 radical (unpaired) electrons. The normalized spacial score (nSPS) is 13.0. The van der Waals surface area contributed by atoms with Gasteiger partial charge in [-0.3, -0.25) is 0 Å². The molecule has 0 atom stereocenters. The van der Waals surface area contributed by atoms with Crippen LogP contribution in [-0.2, 0) is 5.41 Å². The highest BCUT2D eigenvalue weighted by Gasteiger charge is 2.35. The fourth-order valence-corrected chi connectivity index (χ4v) is 9.61. The van der Waals surface area contributed by atoms with E-state index < -0.39 is 0 Å². The minimum Gasteiger partial charge on any atom is -0.236 e. The van der Waals surface area contributed by atoms with Crippen LogP contribution in [0.5, 0.6) is 0 Å². The van der Waals surface area contributed by atoms with Crippen molar-refractivity contribution in [2.75, 3.05) is 0 Å². The number of benzene rings is 7. The van der Waals surface area contributed by atoms with Gasteiger partial charge in [-0.2, -0.15) is 0 Å². The fraction of sp³-hybridized carbons (Fsp3) is 0.0588. The van der Waals surface area contributed by atoms with Crippen LogP contribution in [-0.4, -0.2) is 19.9 Å². The first-order chi connectivity index (χ1) is 27.5. The molecule has 10 aromatic rings. The van der Waals surface area contributed by atoms with Gasteiger partial charge in [-0.15, -0.1) is 11.3 Å². The summed E-state index contributed by atoms with van der Waals surface area (Å²) in [4.78, 5) is 21.6. The van der Waals surface area contributed by atoms with Gasteiger partial charge in [-0.1, -0.05) is 166 Å². The second-order valence-corrected chi connectivity index (χ2v) is 16.1. The van der Waals surface area contributed by atoms with Gasteiger partial charge in [0, 0.05) is 48.5 Å². The van der Waals surface area contributed by atoms with Crippen LogP contribution < -0.4 is 0 Å². The van der Waals surface area contributed by atoms with Gasteiger partial charge < -0.3 is 0 Å². The second kappa shape index (κ2) is 12.6. The maximum absolute atomic E-state index is 5.30. The molecule has 264 valence electrons. The Morgan fingerprint density at radius 1 is 0.393 bits per heavy atom. The molecular formula is C51H34N4S. The lowest BCUT2D eigenvalue weighted by atomic mass is 9.82. The molecule has 0 N–H and O–H groups in total. The number of rotatable bonds is 5. The average molecular weight is 735 g/mol. The lowest BCUT2D eigenvalue weighted by molar-refractivity contribution is 0.660. The number of fused-ring (bicyclic) bond motifs is 8. The van der Waals surface area contributed by atoms with Crippen LogP contribution in [0.2, 0.25) is 0 Å². The maximum Gasteiger partial charge on any atom is 0.164 e. The maximum atomic E-state index is 5.30. The zero-order valence-corrected chi connectivity index (χ0v) is 31.7. The van der Waals surface area contributed by atoms with Gasteiger partial charge >= 0.3 is 0 Å². The molecule has 0 saturated heterocycles. The number of pyridine rings is 1. The number of thiophene rings is 1. The van der Waals surface area contributed by atoms with Crippen LogP contribution >= 0.6 is 11.3 Å². The molecule has 0 aliphatic heterocycles. The summed E-state index contributed by atoms with van der Waals surface area (Å²) in [5.41, 5.74) is 12.3. The van der Waals surface area contributed by atoms with Crippen molar-refractivity contribution in [2.45, 2.75) is 19.3 Å². The summed E-state index contributed by atoms with van der Waals surface area (Å²) in [7, 11) is 0. The Balaban J connectivity index is 0.981. The van der Waals surface area contributed by atoms with Gasteiger partial charge in [0.1, 0.15) is 4.83 Å². The Morgan fingerprint density at radius 3 is 1.77 bits per heavy atom. The highest BCUT2D eigenvalue weighted by Crippen LogP contribution is 2.49. The third-order valence-electron chi connectivity index (χ3n) is 11.4. The van der Waals surface area contributed by atoms with Crippen LogP contribution in [0.3, 0.4) is 0 Å². The lowest BCUT2D eigenvalue weighted by Gasteiger charge is -2.21. The summed E-state index contributed by atoms with van der Waals surface area (Å²) in [5, 5.41) is 4.89. The predicted octanol–water partition coefficient (Wildman–Crippen LogP) is 13.4. The molecule has 7 aromatic carbocycles. The average Bonchev–Trinajstić information content (AvgIpc) is 3.75. The number of hydrogen-bond donors (Lipinski definition) is 0. The summed E-state index contributed by atoms with van der Waals surface area (Å²) in [5.74, 6) is 1.96. The number of aromatic nitrogens is 4. The third kappa shape index (κ3) is 5.19. The first kappa shape index (κ1) is 32.6. The van der Waals surface area contributed by atoms with Gasteiger partial charge in [0.2, 0.25) is 0 Å². The van der Waals surface area contributed by atoms with Crippen molar-refractivity contribution in [2.24, 2.45) is 0 Å². The standard InChI is InChI=1S/C51H34N4S/c1-51(2)42-21-10-8-17-37(42)38-28-27-36(30-43(38)51)49-54-47(32-13-4-3-5-14-32)53-48(55-49)33-25-23-31(24-26-33)34-15-12-16-35(29-34)46-40-19-7-6-18-39(40)45-41-20-9-11-22-44(41)56-50(45)52-46/h3-30H,1-2H3. The molecular weight excluding hydrogens is 701 g/mol. The SMILES string of the molecule is CC1(C)c2ccccc2-c2ccc(-c3nc(-c4ccccc4)nc(-c4ccc(-c5cccc(-c6nc7sc8ccccc8c7c7ccccc67)c5)cc4)n3)cc21. The van der Waals surface area contributed by atoms with Crippen molar-refractivity contribution in [3.05, 3.63) is 181 Å². The fourth-order valence-electron chi connectivity index (χ4n) is 8.51. The first-order valence-electron chi connectivity index (χ1n) is 19.0. The smallest absolute Gasteiger partial charge is 0.164 e. The highest BCUT2D eigenvalue weighted by molar-refractivity contribution is 7.25. The van der Waals surface area contributed by atoms with E-state index in [-0.39, 0.29) is 5.41 Å². The summed E-state index contributed by atoms with van der Waals surface area (Å²) in [6, 6.07) is 60.1. The van der Waals surface area contributed by atoms with Crippen molar-refractivity contribution in [3.63, 3.8) is 0 Å². The van der Waals surface area contributed by atoms with Gasteiger partial charge in [-0.05, 0) is 57.0 Å². The van der Waals surface area contributed by atoms with E-state index in [0.717, 1.165) is 49.3 Å². The van der Waals surface area contributed by atoms with Crippen molar-refractivity contribution >= 4 is 42.4 Å². The second-order valence-electron chi connectivity index (χ2n) is 15.0. The molecule has 0 fully saturated rings. The molecule has 3 heterocycles.